The Kier molecular flexibility index (Phi) is 4.65. The summed E-state index contributed by atoms with van der Waals surface area (Å²) in [5.41, 5.74) is 3.99. The van der Waals surface area contributed by atoms with Gasteiger partial charge in [0, 0.05) is 24.0 Å². The molecule has 3 nitrogen and oxygen atoms in total. The van der Waals surface area contributed by atoms with Crippen LogP contribution in [0.25, 0.3) is 0 Å². The Hall–Kier alpha value is -1.56. The maximum absolute atomic E-state index is 13.9. The molecule has 0 aliphatic carbocycles. The van der Waals surface area contributed by atoms with Crippen LogP contribution in [0, 0.1) is 18.6 Å². The third-order valence-corrected chi connectivity index (χ3v) is 3.48. The number of aromatic nitrogens is 1. The minimum Gasteiger partial charge on any atom is -0.271 e. The molecule has 20 heavy (non-hydrogen) atoms. The number of nitrogens with one attached hydrogen (secondary N) is 1. The summed E-state index contributed by atoms with van der Waals surface area (Å²) >= 11 is 6.02. The van der Waals surface area contributed by atoms with E-state index in [-0.39, 0.29) is 0 Å². The van der Waals surface area contributed by atoms with Crippen LogP contribution in [0.4, 0.5) is 8.78 Å². The second kappa shape index (κ2) is 6.26. The maximum Gasteiger partial charge on any atom is 0.130 e. The zero-order chi connectivity index (χ0) is 14.7. The van der Waals surface area contributed by atoms with Crippen molar-refractivity contribution in [2.24, 2.45) is 5.84 Å². The smallest absolute Gasteiger partial charge is 0.130 e. The molecule has 106 valence electrons. The molecule has 0 saturated carbocycles. The number of hydrogen-bond acceptors (Lipinski definition) is 3. The van der Waals surface area contributed by atoms with Gasteiger partial charge in [0.25, 0.3) is 0 Å². The number of pyridine rings is 1. The van der Waals surface area contributed by atoms with Gasteiger partial charge in [0.05, 0.1) is 11.1 Å². The van der Waals surface area contributed by atoms with E-state index < -0.39 is 17.7 Å². The molecule has 1 unspecified atom stereocenters. The lowest BCUT2D eigenvalue weighted by atomic mass is 9.98. The van der Waals surface area contributed by atoms with E-state index in [1.54, 1.807) is 19.2 Å². The van der Waals surface area contributed by atoms with Crippen molar-refractivity contribution in [1.29, 1.82) is 0 Å². The Morgan fingerprint density at radius 1 is 1.35 bits per heavy atom. The van der Waals surface area contributed by atoms with Gasteiger partial charge in [0.1, 0.15) is 11.6 Å². The summed E-state index contributed by atoms with van der Waals surface area (Å²) in [6, 6.07) is 3.54. The van der Waals surface area contributed by atoms with Crippen molar-refractivity contribution in [3.8, 4) is 0 Å². The minimum atomic E-state index is -0.638. The molecule has 2 aromatic rings. The number of nitrogens with zero attached hydrogens (tertiary/aromatic N) is 1. The van der Waals surface area contributed by atoms with Gasteiger partial charge in [-0.25, -0.2) is 8.78 Å². The largest absolute Gasteiger partial charge is 0.271 e. The molecule has 0 saturated heterocycles. The average Bonchev–Trinajstić information content (AvgIpc) is 2.42. The Morgan fingerprint density at radius 2 is 2.10 bits per heavy atom. The van der Waals surface area contributed by atoms with Crippen molar-refractivity contribution in [1.82, 2.24) is 10.4 Å². The number of nitrogens with two attached hydrogens (primary N) is 1. The second-order valence-corrected chi connectivity index (χ2v) is 4.92. The Balaban J connectivity index is 2.34. The first-order chi connectivity index (χ1) is 9.52. The summed E-state index contributed by atoms with van der Waals surface area (Å²) < 4.78 is 27.2. The van der Waals surface area contributed by atoms with E-state index in [4.69, 9.17) is 17.4 Å². The van der Waals surface area contributed by atoms with E-state index in [1.807, 2.05) is 0 Å². The second-order valence-electron chi connectivity index (χ2n) is 4.51. The summed E-state index contributed by atoms with van der Waals surface area (Å²) in [5, 5.41) is 0.479. The monoisotopic (exact) mass is 297 g/mol. The van der Waals surface area contributed by atoms with Crippen molar-refractivity contribution in [3.05, 3.63) is 63.9 Å². The van der Waals surface area contributed by atoms with Crippen molar-refractivity contribution in [2.45, 2.75) is 19.4 Å². The van der Waals surface area contributed by atoms with Crippen LogP contribution in [0.3, 0.4) is 0 Å². The van der Waals surface area contributed by atoms with Crippen LogP contribution in [-0.2, 0) is 6.42 Å². The van der Waals surface area contributed by atoms with Crippen LogP contribution in [0.5, 0.6) is 0 Å². The van der Waals surface area contributed by atoms with Crippen LogP contribution < -0.4 is 11.3 Å². The summed E-state index contributed by atoms with van der Waals surface area (Å²) in [6.07, 6.45) is 3.48. The van der Waals surface area contributed by atoms with Gasteiger partial charge in [0.15, 0.2) is 0 Å². The topological polar surface area (TPSA) is 50.9 Å². The zero-order valence-electron chi connectivity index (χ0n) is 10.8. The van der Waals surface area contributed by atoms with Crippen molar-refractivity contribution in [3.63, 3.8) is 0 Å². The van der Waals surface area contributed by atoms with E-state index in [2.05, 4.69) is 10.4 Å². The number of aryl methyl sites for hydroxylation is 1. The van der Waals surface area contributed by atoms with Crippen LogP contribution in [-0.4, -0.2) is 4.98 Å². The van der Waals surface area contributed by atoms with Crippen molar-refractivity contribution < 1.29 is 8.78 Å². The molecule has 3 N–H and O–H groups in total. The average molecular weight is 298 g/mol. The van der Waals surface area contributed by atoms with Gasteiger partial charge in [-0.15, -0.1) is 0 Å². The van der Waals surface area contributed by atoms with Gasteiger partial charge in [-0.3, -0.25) is 16.3 Å². The highest BCUT2D eigenvalue weighted by Crippen LogP contribution is 2.25. The third-order valence-electron chi connectivity index (χ3n) is 3.14. The number of hydrazine groups is 1. The number of benzene rings is 1. The molecule has 1 heterocycles. The predicted molar refractivity (Wildman–Crippen MR) is 74.1 cm³/mol. The Bertz CT molecular complexity index is 619. The molecular formula is C14H14ClF2N3. The standard InChI is InChI=1S/C14H14ClF2N3/c1-8-4-10(13(17)6-12(8)16)14(20-18)5-9-2-3-19-7-11(9)15/h2-4,6-7,14,20H,5,18H2,1H3. The number of halogens is 3. The first-order valence-corrected chi connectivity index (χ1v) is 6.40. The fourth-order valence-electron chi connectivity index (χ4n) is 1.99. The highest BCUT2D eigenvalue weighted by Gasteiger charge is 2.18. The van der Waals surface area contributed by atoms with E-state index in [0.29, 0.717) is 22.6 Å². The van der Waals surface area contributed by atoms with E-state index in [1.165, 1.54) is 12.3 Å². The molecule has 1 aromatic carbocycles. The van der Waals surface area contributed by atoms with Crippen LogP contribution in [0.1, 0.15) is 22.7 Å². The van der Waals surface area contributed by atoms with Crippen LogP contribution >= 0.6 is 11.6 Å². The highest BCUT2D eigenvalue weighted by molar-refractivity contribution is 6.31. The fraction of sp³-hybridized carbons (Fsp3) is 0.214. The van der Waals surface area contributed by atoms with Gasteiger partial charge in [-0.05, 0) is 36.6 Å². The molecule has 0 amide bonds. The fourth-order valence-corrected chi connectivity index (χ4v) is 2.19. The molecule has 1 aromatic heterocycles. The third kappa shape index (κ3) is 3.12. The van der Waals surface area contributed by atoms with E-state index in [0.717, 1.165) is 11.6 Å². The number of rotatable bonds is 4. The first kappa shape index (κ1) is 14.8. The van der Waals surface area contributed by atoms with Gasteiger partial charge >= 0.3 is 0 Å². The quantitative estimate of drug-likeness (QED) is 0.673. The number of hydrogen-bond donors (Lipinski definition) is 2. The molecule has 6 heteroatoms. The van der Waals surface area contributed by atoms with Crippen molar-refractivity contribution in [2.75, 3.05) is 0 Å². The van der Waals surface area contributed by atoms with E-state index >= 15 is 0 Å². The molecule has 0 bridgehead atoms. The van der Waals surface area contributed by atoms with Gasteiger partial charge in [-0.2, -0.15) is 0 Å². The molecule has 0 radical (unpaired) electrons. The Labute approximate surface area is 120 Å². The first-order valence-electron chi connectivity index (χ1n) is 6.03. The van der Waals surface area contributed by atoms with Crippen molar-refractivity contribution >= 4 is 11.6 Å². The lowest BCUT2D eigenvalue weighted by Crippen LogP contribution is -2.30. The molecule has 1 atom stereocenters. The van der Waals surface area contributed by atoms with Crippen LogP contribution in [0.2, 0.25) is 5.02 Å². The summed E-state index contributed by atoms with van der Waals surface area (Å²) in [5.74, 6) is 4.27. The normalized spacial score (nSPS) is 12.4. The van der Waals surface area contributed by atoms with Crippen LogP contribution in [0.15, 0.2) is 30.6 Å². The van der Waals surface area contributed by atoms with E-state index in [9.17, 15) is 8.78 Å². The lowest BCUT2D eigenvalue weighted by molar-refractivity contribution is 0.500. The minimum absolute atomic E-state index is 0.305. The summed E-state index contributed by atoms with van der Waals surface area (Å²) in [6.45, 7) is 1.57. The Morgan fingerprint density at radius 3 is 2.75 bits per heavy atom. The molecule has 0 fully saturated rings. The van der Waals surface area contributed by atoms with Gasteiger partial charge in [0.2, 0.25) is 0 Å². The highest BCUT2D eigenvalue weighted by atomic mass is 35.5. The predicted octanol–water partition coefficient (Wildman–Crippen LogP) is 3.07. The van der Waals surface area contributed by atoms with Gasteiger partial charge in [-0.1, -0.05) is 11.6 Å². The summed E-state index contributed by atoms with van der Waals surface area (Å²) in [7, 11) is 0. The zero-order valence-corrected chi connectivity index (χ0v) is 11.6. The summed E-state index contributed by atoms with van der Waals surface area (Å²) in [4.78, 5) is 3.89. The molecule has 0 aliphatic heterocycles. The molecule has 2 rings (SSSR count). The molecule has 0 aliphatic rings. The molecule has 0 spiro atoms. The lowest BCUT2D eigenvalue weighted by Gasteiger charge is -2.18. The van der Waals surface area contributed by atoms with Gasteiger partial charge < -0.3 is 0 Å². The molecular weight excluding hydrogens is 284 g/mol. The SMILES string of the molecule is Cc1cc(C(Cc2ccncc2Cl)NN)c(F)cc1F. The maximum atomic E-state index is 13.9.